The third-order valence-corrected chi connectivity index (χ3v) is 44.1. The lowest BCUT2D eigenvalue weighted by Gasteiger charge is -2.22. The van der Waals surface area contributed by atoms with Crippen molar-refractivity contribution in [1.82, 2.24) is 48.2 Å². The van der Waals surface area contributed by atoms with E-state index in [9.17, 15) is 0 Å². The number of fused-ring (bicyclic) bond motifs is 27. The zero-order valence-corrected chi connectivity index (χ0v) is 87.4. The first-order valence-corrected chi connectivity index (χ1v) is 61.4. The summed E-state index contributed by atoms with van der Waals surface area (Å²) >= 11 is 1.87. The molecule has 10 nitrogen and oxygen atoms in total. The zero-order valence-electron chi connectivity index (χ0n) is 83.6. The first kappa shape index (κ1) is 88.0. The van der Waals surface area contributed by atoms with E-state index in [4.69, 9.17) is 29.9 Å². The summed E-state index contributed by atoms with van der Waals surface area (Å²) in [5, 5.41) is 21.0. The van der Waals surface area contributed by atoms with Crippen molar-refractivity contribution in [2.75, 3.05) is 0 Å². The predicted octanol–water partition coefficient (Wildman–Crippen LogP) is 30.9. The molecule has 31 rings (SSSR count). The Kier molecular flexibility index (Phi) is 19.8. The second-order valence-electron chi connectivity index (χ2n) is 42.3. The van der Waals surface area contributed by atoms with E-state index in [1.165, 1.54) is 177 Å². The topological polar surface area (TPSA) is 97.1 Å². The highest BCUT2D eigenvalue weighted by molar-refractivity contribution is 7.26. The Morgan fingerprint density at radius 3 is 0.899 bits per heavy atom. The lowest BCUT2D eigenvalue weighted by atomic mass is 9.82. The van der Waals surface area contributed by atoms with Crippen molar-refractivity contribution in [3.05, 3.63) is 460 Å². The van der Waals surface area contributed by atoms with Crippen LogP contribution in [0.4, 0.5) is 0 Å². The number of rotatable bonds is 10. The van der Waals surface area contributed by atoms with Crippen LogP contribution in [0.1, 0.15) is 25.0 Å². The molecule has 0 spiro atoms. The summed E-state index contributed by atoms with van der Waals surface area (Å²) in [6, 6.07) is 163. The van der Waals surface area contributed by atoms with Gasteiger partial charge in [0.25, 0.3) is 0 Å². The Morgan fingerprint density at radius 1 is 0.195 bits per heavy atom. The van der Waals surface area contributed by atoms with Crippen molar-refractivity contribution in [2.45, 2.75) is 58.5 Å². The van der Waals surface area contributed by atoms with E-state index in [2.05, 4.69) is 502 Å². The number of aromatic nitrogens is 10. The normalized spacial score (nSPS) is 13.9. The van der Waals surface area contributed by atoms with Gasteiger partial charge in [-0.3, -0.25) is 0 Å². The number of hydrogen-bond donors (Lipinski definition) is 0. The van der Waals surface area contributed by atoms with Gasteiger partial charge in [-0.15, -0.1) is 11.3 Å². The second kappa shape index (κ2) is 33.5. The van der Waals surface area contributed by atoms with Crippen LogP contribution < -0.4 is 31.1 Å². The van der Waals surface area contributed by atoms with Crippen LogP contribution in [0, 0.1) is 0 Å². The van der Waals surface area contributed by atoms with E-state index in [1.54, 1.807) is 0 Å². The molecule has 0 amide bonds. The maximum Gasteiger partial charge on any atom is 0.160 e. The summed E-state index contributed by atoms with van der Waals surface area (Å²) in [5.41, 5.74) is 36.2. The Morgan fingerprint density at radius 2 is 0.490 bits per heavy atom. The maximum absolute atomic E-state index is 5.43. The Balaban J connectivity index is 0.000000105. The van der Waals surface area contributed by atoms with Crippen molar-refractivity contribution in [2.24, 2.45) is 0 Å². The third-order valence-electron chi connectivity index (χ3n) is 32.4. The van der Waals surface area contributed by atoms with Crippen molar-refractivity contribution in [1.29, 1.82) is 0 Å². The molecule has 0 N–H and O–H groups in total. The number of thiophene rings is 1. The van der Waals surface area contributed by atoms with E-state index < -0.39 is 24.2 Å². The van der Waals surface area contributed by atoms with Gasteiger partial charge >= 0.3 is 0 Å². The summed E-state index contributed by atoms with van der Waals surface area (Å²) < 4.78 is 12.4. The van der Waals surface area contributed by atoms with E-state index in [0.29, 0.717) is 0 Å². The van der Waals surface area contributed by atoms with Gasteiger partial charge in [0.15, 0.2) is 17.5 Å². The molecule has 8 aromatic heterocycles. The molecule has 0 radical (unpaired) electrons. The highest BCUT2D eigenvalue weighted by Gasteiger charge is 2.46. The lowest BCUT2D eigenvalue weighted by Crippen LogP contribution is -2.50. The average molecular weight is 1980 g/mol. The summed E-state index contributed by atoms with van der Waals surface area (Å²) in [6.45, 7) is 19.4. The highest BCUT2D eigenvalue weighted by Crippen LogP contribution is 2.53. The standard InChI is InChI=1S/C48H34N4Si.C45H35N3Si.C42H29N3SSi/c1-53(2)44-27-14-11-24-37(44)46-47(53)45(49-48(50-46)31-16-5-3-6-17-31)32-18-15-21-34(28-32)52-41-26-13-10-23-36(41)39-29-38-35-22-9-12-25-40(35)51(42(38)30-43(39)52)33-19-7-4-8-20-33;1-45(2)36-22-11-8-19-31(36)34-26-35-32-20-9-12-23-38(32)48(39(35)27-37(34)45)30-18-14-17-29(25-30)41-43-42(33-21-10-13-24-40(33)49(43,3)4)47-44(46-41)28-15-6-5-7-16-28;1-47(2)38-22-11-8-19-31(38)40-41(47)39(43-42(44-40)26-13-4-3-5-14-26)27-15-12-16-28(23-27)45-34-20-9-6-17-29(34)32-24-33-30-18-7-10-21-36(30)46-37(33)25-35(32)45/h3-30H,1-2H3;5-27H,1-4H3;3-25H,1-2H3. The molecule has 0 unspecified atom stereocenters. The minimum atomic E-state index is -2.12. The average Bonchev–Trinajstić information content (AvgIpc) is 1.54. The zero-order chi connectivity index (χ0) is 99.6. The molecule has 0 saturated heterocycles. The van der Waals surface area contributed by atoms with Crippen molar-refractivity contribution in [3.63, 3.8) is 0 Å². The van der Waals surface area contributed by atoms with E-state index in [0.717, 1.165) is 108 Å². The summed E-state index contributed by atoms with van der Waals surface area (Å²) in [6.07, 6.45) is 0. The van der Waals surface area contributed by atoms with Gasteiger partial charge < -0.3 is 18.3 Å². The van der Waals surface area contributed by atoms with Crippen LogP contribution in [0.2, 0.25) is 39.3 Å². The van der Waals surface area contributed by atoms with Gasteiger partial charge in [-0.05, 0) is 185 Å². The minimum Gasteiger partial charge on any atom is -0.309 e. The first-order chi connectivity index (χ1) is 72.9. The Hall–Kier alpha value is -17.5. The van der Waals surface area contributed by atoms with Gasteiger partial charge in [-0.1, -0.05) is 387 Å². The molecule has 0 fully saturated rings. The molecule has 11 heterocycles. The van der Waals surface area contributed by atoms with Crippen LogP contribution in [0.25, 0.3) is 243 Å². The largest absolute Gasteiger partial charge is 0.309 e. The fourth-order valence-electron chi connectivity index (χ4n) is 25.5. The minimum absolute atomic E-state index is 0.0795. The van der Waals surface area contributed by atoms with Crippen LogP contribution in [0.5, 0.6) is 0 Å². The third kappa shape index (κ3) is 13.5. The Bertz CT molecular complexity index is 10300. The highest BCUT2D eigenvalue weighted by atomic mass is 32.1. The van der Waals surface area contributed by atoms with Crippen LogP contribution in [0.15, 0.2) is 449 Å². The van der Waals surface area contributed by atoms with Crippen LogP contribution in [-0.4, -0.2) is 72.4 Å². The first-order valence-electron chi connectivity index (χ1n) is 51.5. The fraction of sp³-hybridized carbons (Fsp3) is 0.0667. The molecule has 706 valence electrons. The number of nitrogens with zero attached hydrogens (tertiary/aromatic N) is 10. The SMILES string of the molecule is CC1(C)c2ccccc2-c2cc3c4ccccc4n(-c4cccc(-c5nc(-c6ccccc6)nc6c5[Si](C)(C)c5ccccc5-6)c4)c3cc21.C[Si]1(C)c2ccccc2-c2nc(-c3ccccc3)nc(-c3cccc(-n4c5ccccc5c5cc6c(cc54)sc4ccccc46)c3)c21.C[Si]1(C)c2ccccc2-c2nc(-c3ccccc3)nc(-c3cccc(-n4c5ccccc5c5cc6c7ccccc7n(-c7ccccc7)c6cc54)c3)c21. The molecule has 14 heteroatoms. The van der Waals surface area contributed by atoms with Crippen LogP contribution >= 0.6 is 11.3 Å². The molecular formula is C135H98N10SSi3. The van der Waals surface area contributed by atoms with Crippen molar-refractivity contribution >= 4 is 174 Å². The number of benzene rings is 19. The van der Waals surface area contributed by atoms with Crippen molar-refractivity contribution < 1.29 is 0 Å². The van der Waals surface area contributed by atoms with E-state index in [-0.39, 0.29) is 5.41 Å². The summed E-state index contributed by atoms with van der Waals surface area (Å²) in [4.78, 5) is 32.1. The summed E-state index contributed by atoms with van der Waals surface area (Å²) in [7, 11) is -6.30. The van der Waals surface area contributed by atoms with Crippen molar-refractivity contribution in [3.8, 4) is 136 Å². The quantitative estimate of drug-likeness (QED) is 0.127. The lowest BCUT2D eigenvalue weighted by molar-refractivity contribution is 0.661. The molecule has 4 aliphatic rings. The monoisotopic (exact) mass is 1970 g/mol. The van der Waals surface area contributed by atoms with Gasteiger partial charge in [0.2, 0.25) is 0 Å². The second-order valence-corrected chi connectivity index (χ2v) is 56.3. The Labute approximate surface area is 869 Å². The van der Waals surface area contributed by atoms with Gasteiger partial charge in [0.1, 0.15) is 24.2 Å². The molecule has 3 aliphatic heterocycles. The van der Waals surface area contributed by atoms with E-state index >= 15 is 0 Å². The number of hydrogen-bond acceptors (Lipinski definition) is 7. The maximum atomic E-state index is 5.43. The van der Waals surface area contributed by atoms with Gasteiger partial charge in [-0.25, -0.2) is 29.9 Å². The van der Waals surface area contributed by atoms with Gasteiger partial charge in [0.05, 0.1) is 78.3 Å². The van der Waals surface area contributed by atoms with Crippen LogP contribution in [-0.2, 0) is 5.41 Å². The van der Waals surface area contributed by atoms with Gasteiger partial charge in [-0.2, -0.15) is 0 Å². The molecular weight excluding hydrogens is 1880 g/mol. The van der Waals surface area contributed by atoms with Crippen LogP contribution in [0.3, 0.4) is 0 Å². The molecule has 1 aliphatic carbocycles. The van der Waals surface area contributed by atoms with Gasteiger partial charge in [0, 0.05) is 125 Å². The molecule has 19 aromatic carbocycles. The molecule has 149 heavy (non-hydrogen) atoms. The van der Waals surface area contributed by atoms with E-state index in [1.807, 2.05) is 29.5 Å². The molecule has 0 saturated carbocycles. The fourth-order valence-corrected chi connectivity index (χ4v) is 36.3. The summed E-state index contributed by atoms with van der Waals surface area (Å²) in [5.74, 6) is 2.31. The molecule has 27 aromatic rings. The number of para-hydroxylation sites is 5. The molecule has 0 atom stereocenters. The predicted molar refractivity (Wildman–Crippen MR) is 633 cm³/mol. The smallest absolute Gasteiger partial charge is 0.160 e. The molecule has 0 bridgehead atoms.